The van der Waals surface area contributed by atoms with Gasteiger partial charge in [-0.3, -0.25) is 4.79 Å². The third-order valence-corrected chi connectivity index (χ3v) is 5.58. The molecule has 2 rings (SSSR count). The number of rotatable bonds is 6. The Morgan fingerprint density at radius 2 is 2.09 bits per heavy atom. The fourth-order valence-corrected chi connectivity index (χ4v) is 3.90. The van der Waals surface area contributed by atoms with Crippen LogP contribution < -0.4 is 4.74 Å². The second-order valence-electron chi connectivity index (χ2n) is 5.18. The van der Waals surface area contributed by atoms with Crippen LogP contribution in [0.5, 0.6) is 5.88 Å². The Labute approximate surface area is 135 Å². The molecule has 0 spiro atoms. The van der Waals surface area contributed by atoms with Gasteiger partial charge in [0.25, 0.3) is 0 Å². The number of pyridine rings is 1. The predicted molar refractivity (Wildman–Crippen MR) is 83.6 cm³/mol. The Balaban J connectivity index is 1.87. The van der Waals surface area contributed by atoms with Gasteiger partial charge in [-0.15, -0.1) is 0 Å². The van der Waals surface area contributed by atoms with Gasteiger partial charge in [0, 0.05) is 31.8 Å². The van der Waals surface area contributed by atoms with Gasteiger partial charge >= 0.3 is 0 Å². The lowest BCUT2D eigenvalue weighted by molar-refractivity contribution is -0.116. The van der Waals surface area contributed by atoms with Gasteiger partial charge in [0.1, 0.15) is 17.6 Å². The number of hydrogen-bond donors (Lipinski definition) is 0. The molecule has 0 atom stereocenters. The van der Waals surface area contributed by atoms with Gasteiger partial charge in [-0.1, -0.05) is 18.5 Å². The summed E-state index contributed by atoms with van der Waals surface area (Å²) in [6.07, 6.45) is 2.81. The average molecular weight is 347 g/mol. The van der Waals surface area contributed by atoms with Gasteiger partial charge in [-0.2, -0.15) is 0 Å². The van der Waals surface area contributed by atoms with Gasteiger partial charge < -0.3 is 4.74 Å². The van der Waals surface area contributed by atoms with Crippen molar-refractivity contribution in [3.63, 3.8) is 0 Å². The topological polar surface area (TPSA) is 76.6 Å². The lowest BCUT2D eigenvalue weighted by Gasteiger charge is -2.30. The molecular weight excluding hydrogens is 328 g/mol. The summed E-state index contributed by atoms with van der Waals surface area (Å²) in [6, 6.07) is 3.38. The number of halogens is 1. The third kappa shape index (κ3) is 4.66. The van der Waals surface area contributed by atoms with Crippen LogP contribution >= 0.6 is 11.6 Å². The first-order valence-corrected chi connectivity index (χ1v) is 9.17. The van der Waals surface area contributed by atoms with Crippen LogP contribution in [0.25, 0.3) is 0 Å². The lowest BCUT2D eigenvalue weighted by atomic mass is 10.1. The van der Waals surface area contributed by atoms with Crippen LogP contribution in [-0.4, -0.2) is 48.4 Å². The summed E-state index contributed by atoms with van der Waals surface area (Å²) in [7, 11) is -3.50. The highest BCUT2D eigenvalue weighted by molar-refractivity contribution is 7.89. The number of ether oxygens (including phenoxy) is 1. The summed E-state index contributed by atoms with van der Waals surface area (Å²) in [6.45, 7) is 2.38. The summed E-state index contributed by atoms with van der Waals surface area (Å²) < 4.78 is 31.3. The van der Waals surface area contributed by atoms with Crippen LogP contribution in [-0.2, 0) is 14.8 Å². The first kappa shape index (κ1) is 17.2. The minimum atomic E-state index is -3.50. The molecule has 0 amide bonds. The number of Topliss-reactive ketones (excluding diaryl/α,β-unsaturated/α-hetero) is 1. The van der Waals surface area contributed by atoms with E-state index in [0.717, 1.165) is 0 Å². The van der Waals surface area contributed by atoms with E-state index in [1.165, 1.54) is 10.5 Å². The van der Waals surface area contributed by atoms with Crippen LogP contribution in [0.3, 0.4) is 0 Å². The number of piperidine rings is 1. The molecule has 6 nitrogen and oxygen atoms in total. The van der Waals surface area contributed by atoms with Crippen LogP contribution in [0.2, 0.25) is 5.02 Å². The third-order valence-electron chi connectivity index (χ3n) is 3.52. The van der Waals surface area contributed by atoms with E-state index < -0.39 is 15.8 Å². The summed E-state index contributed by atoms with van der Waals surface area (Å²) in [5.41, 5.74) is 0. The standard InChI is InChI=1S/C14H19ClN2O4S/c1-2-12(18)10-22(19,20)17-7-5-13(6-8-17)21-14-4-3-11(15)9-16-14/h3-4,9,13H,2,5-8,10H2,1H3. The van der Waals surface area contributed by atoms with Crippen molar-refractivity contribution in [2.75, 3.05) is 18.8 Å². The normalized spacial score (nSPS) is 17.4. The zero-order chi connectivity index (χ0) is 16.2. The van der Waals surface area contributed by atoms with E-state index in [9.17, 15) is 13.2 Å². The fraction of sp³-hybridized carbons (Fsp3) is 0.571. The molecule has 22 heavy (non-hydrogen) atoms. The molecular formula is C14H19ClN2O4S. The summed E-state index contributed by atoms with van der Waals surface area (Å²) in [4.78, 5) is 15.4. The van der Waals surface area contributed by atoms with E-state index in [0.29, 0.717) is 36.8 Å². The maximum absolute atomic E-state index is 12.1. The van der Waals surface area contributed by atoms with E-state index >= 15 is 0 Å². The zero-order valence-electron chi connectivity index (χ0n) is 12.4. The molecule has 0 unspecified atom stereocenters. The predicted octanol–water partition coefficient (Wildman–Crippen LogP) is 1.89. The Kier molecular flexibility index (Phi) is 5.77. The molecule has 2 heterocycles. The van der Waals surface area contributed by atoms with Gasteiger partial charge in [0.2, 0.25) is 15.9 Å². The van der Waals surface area contributed by atoms with Gasteiger partial charge in [0.15, 0.2) is 0 Å². The number of nitrogens with zero attached hydrogens (tertiary/aromatic N) is 2. The van der Waals surface area contributed by atoms with Crippen molar-refractivity contribution in [3.8, 4) is 5.88 Å². The van der Waals surface area contributed by atoms with E-state index in [1.807, 2.05) is 0 Å². The first-order chi connectivity index (χ1) is 10.4. The van der Waals surface area contributed by atoms with Crippen molar-refractivity contribution in [3.05, 3.63) is 23.4 Å². The Bertz CT molecular complexity index is 610. The largest absolute Gasteiger partial charge is 0.474 e. The highest BCUT2D eigenvalue weighted by Gasteiger charge is 2.30. The fourth-order valence-electron chi connectivity index (χ4n) is 2.23. The second kappa shape index (κ2) is 7.39. The maximum atomic E-state index is 12.1. The molecule has 122 valence electrons. The molecule has 0 N–H and O–H groups in total. The van der Waals surface area contributed by atoms with Gasteiger partial charge in [-0.05, 0) is 18.9 Å². The molecule has 0 bridgehead atoms. The molecule has 1 fully saturated rings. The van der Waals surface area contributed by atoms with Crippen molar-refractivity contribution in [1.29, 1.82) is 0 Å². The number of hydrogen-bond acceptors (Lipinski definition) is 5. The van der Waals surface area contributed by atoms with Crippen molar-refractivity contribution in [2.45, 2.75) is 32.3 Å². The molecule has 1 aromatic heterocycles. The second-order valence-corrected chi connectivity index (χ2v) is 7.58. The van der Waals surface area contributed by atoms with Crippen LogP contribution in [0.4, 0.5) is 0 Å². The van der Waals surface area contributed by atoms with Crippen molar-refractivity contribution in [2.24, 2.45) is 0 Å². The van der Waals surface area contributed by atoms with E-state index in [4.69, 9.17) is 16.3 Å². The zero-order valence-corrected chi connectivity index (χ0v) is 13.9. The molecule has 0 aromatic carbocycles. The average Bonchev–Trinajstić information content (AvgIpc) is 2.49. The van der Waals surface area contributed by atoms with Crippen LogP contribution in [0.15, 0.2) is 18.3 Å². The molecule has 1 saturated heterocycles. The molecule has 0 radical (unpaired) electrons. The SMILES string of the molecule is CCC(=O)CS(=O)(=O)N1CCC(Oc2ccc(Cl)cn2)CC1. The maximum Gasteiger partial charge on any atom is 0.221 e. The monoisotopic (exact) mass is 346 g/mol. The first-order valence-electron chi connectivity index (χ1n) is 7.18. The van der Waals surface area contributed by atoms with Crippen molar-refractivity contribution < 1.29 is 17.9 Å². The molecule has 1 aromatic rings. The molecule has 8 heteroatoms. The Morgan fingerprint density at radius 3 is 2.64 bits per heavy atom. The number of carbonyl (C=O) groups is 1. The van der Waals surface area contributed by atoms with Gasteiger partial charge in [-0.25, -0.2) is 17.7 Å². The van der Waals surface area contributed by atoms with Crippen LogP contribution in [0.1, 0.15) is 26.2 Å². The van der Waals surface area contributed by atoms with E-state index in [1.54, 1.807) is 19.1 Å². The smallest absolute Gasteiger partial charge is 0.221 e. The highest BCUT2D eigenvalue weighted by Crippen LogP contribution is 2.20. The summed E-state index contributed by atoms with van der Waals surface area (Å²) >= 11 is 5.76. The summed E-state index contributed by atoms with van der Waals surface area (Å²) in [5, 5.41) is 0.536. The van der Waals surface area contributed by atoms with Gasteiger partial charge in [0.05, 0.1) is 5.02 Å². The quantitative estimate of drug-likeness (QED) is 0.786. The van der Waals surface area contributed by atoms with Crippen molar-refractivity contribution in [1.82, 2.24) is 9.29 Å². The number of aromatic nitrogens is 1. The minimum absolute atomic E-state index is 0.0815. The number of carbonyl (C=O) groups excluding carboxylic acids is 1. The minimum Gasteiger partial charge on any atom is -0.474 e. The highest BCUT2D eigenvalue weighted by atomic mass is 35.5. The number of sulfonamides is 1. The summed E-state index contributed by atoms with van der Waals surface area (Å²) in [5.74, 6) is -0.191. The molecule has 1 aliphatic rings. The van der Waals surface area contributed by atoms with Crippen LogP contribution in [0, 0.1) is 0 Å². The Morgan fingerprint density at radius 1 is 1.41 bits per heavy atom. The number of ketones is 1. The van der Waals surface area contributed by atoms with E-state index in [2.05, 4.69) is 4.98 Å². The molecule has 1 aliphatic heterocycles. The lowest BCUT2D eigenvalue weighted by Crippen LogP contribution is -2.43. The Hall–Kier alpha value is -1.18. The van der Waals surface area contributed by atoms with Crippen molar-refractivity contribution >= 4 is 27.4 Å². The van der Waals surface area contributed by atoms with E-state index in [-0.39, 0.29) is 18.3 Å². The molecule has 0 saturated carbocycles. The molecule has 0 aliphatic carbocycles.